The summed E-state index contributed by atoms with van der Waals surface area (Å²) in [5.74, 6) is 0.931. The molecule has 6 nitrogen and oxygen atoms in total. The van der Waals surface area contributed by atoms with Gasteiger partial charge in [-0.1, -0.05) is 41.6 Å². The van der Waals surface area contributed by atoms with E-state index in [0.29, 0.717) is 37.6 Å². The van der Waals surface area contributed by atoms with Gasteiger partial charge in [0, 0.05) is 23.9 Å². The number of nitrogens with one attached hydrogen (secondary N) is 1. The lowest BCUT2D eigenvalue weighted by molar-refractivity contribution is -0.132. The Morgan fingerprint density at radius 2 is 1.97 bits per heavy atom. The fraction of sp³-hybridized carbons (Fsp3) is 0.348. The van der Waals surface area contributed by atoms with E-state index in [2.05, 4.69) is 10.5 Å². The van der Waals surface area contributed by atoms with Gasteiger partial charge in [-0.15, -0.1) is 11.3 Å². The lowest BCUT2D eigenvalue weighted by Crippen LogP contribution is -2.30. The van der Waals surface area contributed by atoms with Gasteiger partial charge in [-0.05, 0) is 42.2 Å². The maximum absolute atomic E-state index is 13.0. The number of thiophene rings is 1. The fourth-order valence-corrected chi connectivity index (χ4v) is 3.93. The second-order valence-electron chi connectivity index (χ2n) is 7.65. The largest absolute Gasteiger partial charge is 0.359 e. The van der Waals surface area contributed by atoms with Crippen LogP contribution in [0, 0.1) is 5.92 Å². The van der Waals surface area contributed by atoms with E-state index in [4.69, 9.17) is 4.52 Å². The fourth-order valence-electron chi connectivity index (χ4n) is 3.21. The summed E-state index contributed by atoms with van der Waals surface area (Å²) in [5, 5.41) is 8.78. The van der Waals surface area contributed by atoms with Crippen LogP contribution in [0.2, 0.25) is 0 Å². The topological polar surface area (TPSA) is 75.4 Å². The Balaban J connectivity index is 1.39. The molecule has 1 N–H and O–H groups in total. The predicted octanol–water partition coefficient (Wildman–Crippen LogP) is 4.04. The molecule has 0 spiro atoms. The monoisotopic (exact) mass is 423 g/mol. The Hall–Kier alpha value is -2.93. The van der Waals surface area contributed by atoms with E-state index < -0.39 is 0 Å². The van der Waals surface area contributed by atoms with E-state index in [0.717, 1.165) is 10.4 Å². The van der Waals surface area contributed by atoms with Gasteiger partial charge in [0.15, 0.2) is 11.5 Å². The molecule has 2 heterocycles. The van der Waals surface area contributed by atoms with Gasteiger partial charge in [-0.2, -0.15) is 0 Å². The molecule has 30 heavy (non-hydrogen) atoms. The van der Waals surface area contributed by atoms with Crippen molar-refractivity contribution in [3.63, 3.8) is 0 Å². The number of rotatable bonds is 10. The molecule has 0 radical (unpaired) electrons. The predicted molar refractivity (Wildman–Crippen MR) is 115 cm³/mol. The third-order valence-corrected chi connectivity index (χ3v) is 6.00. The average Bonchev–Trinajstić information content (AvgIpc) is 3.23. The quantitative estimate of drug-likeness (QED) is 0.534. The summed E-state index contributed by atoms with van der Waals surface area (Å²) in [6, 6.07) is 15.6. The molecule has 0 aliphatic heterocycles. The number of hydrogen-bond acceptors (Lipinski definition) is 5. The van der Waals surface area contributed by atoms with Crippen molar-refractivity contribution in [1.82, 2.24) is 15.4 Å². The third-order valence-electron chi connectivity index (χ3n) is 5.14. The highest BCUT2D eigenvalue weighted by molar-refractivity contribution is 7.09. The molecular weight excluding hydrogens is 398 g/mol. The number of hydrogen-bond donors (Lipinski definition) is 1. The maximum Gasteiger partial charge on any atom is 0.273 e. The van der Waals surface area contributed by atoms with Gasteiger partial charge < -0.3 is 14.7 Å². The molecule has 7 heteroatoms. The first kappa shape index (κ1) is 20.3. The molecule has 1 saturated carbocycles. The molecule has 0 atom stereocenters. The Labute approximate surface area is 179 Å². The van der Waals surface area contributed by atoms with Crippen molar-refractivity contribution in [3.8, 4) is 0 Å². The number of carbonyl (C=O) groups excluding carboxylic acids is 2. The van der Waals surface area contributed by atoms with Crippen LogP contribution in [0.15, 0.2) is 58.4 Å². The van der Waals surface area contributed by atoms with E-state index in [9.17, 15) is 9.59 Å². The highest BCUT2D eigenvalue weighted by atomic mass is 32.1. The highest BCUT2D eigenvalue weighted by Crippen LogP contribution is 2.27. The van der Waals surface area contributed by atoms with Crippen molar-refractivity contribution in [2.75, 3.05) is 6.54 Å². The summed E-state index contributed by atoms with van der Waals surface area (Å²) in [6.45, 7) is 1.48. The number of benzene rings is 1. The van der Waals surface area contributed by atoms with Crippen LogP contribution >= 0.6 is 11.3 Å². The SMILES string of the molecule is O=C(NCC1CC1)c1cc(CN(Cc2cccs2)C(=O)CCc2ccccc2)on1. The molecule has 1 aromatic carbocycles. The summed E-state index contributed by atoms with van der Waals surface area (Å²) in [7, 11) is 0. The second-order valence-corrected chi connectivity index (χ2v) is 8.68. The van der Waals surface area contributed by atoms with E-state index in [1.54, 1.807) is 22.3 Å². The minimum Gasteiger partial charge on any atom is -0.359 e. The van der Waals surface area contributed by atoms with E-state index in [-0.39, 0.29) is 24.1 Å². The number of carbonyl (C=O) groups is 2. The van der Waals surface area contributed by atoms with Crippen molar-refractivity contribution < 1.29 is 14.1 Å². The average molecular weight is 424 g/mol. The van der Waals surface area contributed by atoms with Crippen molar-refractivity contribution in [1.29, 1.82) is 0 Å². The van der Waals surface area contributed by atoms with Crippen molar-refractivity contribution in [2.45, 2.75) is 38.8 Å². The Morgan fingerprint density at radius 3 is 2.70 bits per heavy atom. The van der Waals surface area contributed by atoms with Crippen LogP contribution in [0.4, 0.5) is 0 Å². The lowest BCUT2D eigenvalue weighted by atomic mass is 10.1. The Bertz CT molecular complexity index is 965. The molecule has 2 amide bonds. The minimum atomic E-state index is -0.225. The number of nitrogens with zero attached hydrogens (tertiary/aromatic N) is 2. The van der Waals surface area contributed by atoms with Gasteiger partial charge in [0.2, 0.25) is 5.91 Å². The molecular formula is C23H25N3O3S. The molecule has 0 saturated heterocycles. The normalized spacial score (nSPS) is 13.2. The molecule has 2 aromatic heterocycles. The smallest absolute Gasteiger partial charge is 0.273 e. The highest BCUT2D eigenvalue weighted by Gasteiger charge is 2.23. The Kier molecular flexibility index (Phi) is 6.59. The van der Waals surface area contributed by atoms with Crippen LogP contribution in [0.25, 0.3) is 0 Å². The Morgan fingerprint density at radius 1 is 1.13 bits per heavy atom. The minimum absolute atomic E-state index is 0.0448. The molecule has 156 valence electrons. The summed E-state index contributed by atoms with van der Waals surface area (Å²) in [5.41, 5.74) is 1.40. The van der Waals surface area contributed by atoms with Crippen molar-refractivity contribution in [2.24, 2.45) is 5.92 Å². The first-order chi connectivity index (χ1) is 14.7. The molecule has 4 rings (SSSR count). The molecule has 1 aliphatic rings. The van der Waals surface area contributed by atoms with Gasteiger partial charge in [-0.3, -0.25) is 9.59 Å². The first-order valence-corrected chi connectivity index (χ1v) is 11.1. The molecule has 0 bridgehead atoms. The summed E-state index contributed by atoms with van der Waals surface area (Å²) in [6.07, 6.45) is 3.45. The molecule has 1 aliphatic carbocycles. The van der Waals surface area contributed by atoms with Crippen LogP contribution in [-0.4, -0.2) is 28.4 Å². The first-order valence-electron chi connectivity index (χ1n) is 10.3. The standard InChI is InChI=1S/C23H25N3O3S/c27-22(11-10-17-5-2-1-3-6-17)26(16-20-7-4-12-30-20)15-19-13-21(25-29-19)23(28)24-14-18-8-9-18/h1-7,12-13,18H,8-11,14-16H2,(H,24,28). The van der Waals surface area contributed by atoms with Crippen molar-refractivity contribution in [3.05, 3.63) is 75.8 Å². The maximum atomic E-state index is 13.0. The van der Waals surface area contributed by atoms with Gasteiger partial charge in [-0.25, -0.2) is 0 Å². The summed E-state index contributed by atoms with van der Waals surface area (Å²) >= 11 is 1.61. The van der Waals surface area contributed by atoms with Gasteiger partial charge in [0.1, 0.15) is 0 Å². The van der Waals surface area contributed by atoms with Crippen LogP contribution < -0.4 is 5.32 Å². The molecule has 3 aromatic rings. The number of aromatic nitrogens is 1. The number of amides is 2. The summed E-state index contributed by atoms with van der Waals surface area (Å²) in [4.78, 5) is 28.0. The van der Waals surface area contributed by atoms with Crippen LogP contribution in [-0.2, 0) is 24.3 Å². The number of aryl methyl sites for hydroxylation is 1. The van der Waals surface area contributed by atoms with E-state index >= 15 is 0 Å². The zero-order valence-electron chi connectivity index (χ0n) is 16.8. The van der Waals surface area contributed by atoms with Crippen LogP contribution in [0.1, 0.15) is 46.0 Å². The van der Waals surface area contributed by atoms with Gasteiger partial charge >= 0.3 is 0 Å². The molecule has 1 fully saturated rings. The molecule has 0 unspecified atom stereocenters. The van der Waals surface area contributed by atoms with Crippen molar-refractivity contribution >= 4 is 23.2 Å². The van der Waals surface area contributed by atoms with Gasteiger partial charge in [0.05, 0.1) is 13.1 Å². The lowest BCUT2D eigenvalue weighted by Gasteiger charge is -2.21. The zero-order valence-corrected chi connectivity index (χ0v) is 17.6. The van der Waals surface area contributed by atoms with Crippen LogP contribution in [0.3, 0.4) is 0 Å². The van der Waals surface area contributed by atoms with E-state index in [1.807, 2.05) is 47.8 Å². The summed E-state index contributed by atoms with van der Waals surface area (Å²) < 4.78 is 5.37. The second kappa shape index (κ2) is 9.71. The van der Waals surface area contributed by atoms with E-state index in [1.165, 1.54) is 12.8 Å². The third kappa shape index (κ3) is 5.79. The zero-order chi connectivity index (χ0) is 20.8. The van der Waals surface area contributed by atoms with Gasteiger partial charge in [0.25, 0.3) is 5.91 Å². The van der Waals surface area contributed by atoms with Crippen LogP contribution in [0.5, 0.6) is 0 Å².